The highest BCUT2D eigenvalue weighted by Gasteiger charge is 1.97. The van der Waals surface area contributed by atoms with E-state index in [0.29, 0.717) is 6.42 Å². The molecule has 0 aromatic rings. The Balaban J connectivity index is 3.04. The van der Waals surface area contributed by atoms with Crippen LogP contribution in [0, 0.1) is 0 Å². The Labute approximate surface area is 149 Å². The van der Waals surface area contributed by atoms with Gasteiger partial charge in [0.15, 0.2) is 0 Å². The number of hydrogen-bond acceptors (Lipinski definition) is 2. The van der Waals surface area contributed by atoms with Crippen molar-refractivity contribution in [2.45, 2.75) is 116 Å². The van der Waals surface area contributed by atoms with Crippen LogP contribution in [0.4, 0.5) is 0 Å². The van der Waals surface area contributed by atoms with Gasteiger partial charge in [0.05, 0.1) is 6.10 Å². The molecule has 0 aromatic carbocycles. The number of aliphatic hydroxyl groups excluding tert-OH is 1. The molecule has 0 aliphatic heterocycles. The number of carboxylic acid groups (broad SMARTS) is 1. The molecule has 1 atom stereocenters. The van der Waals surface area contributed by atoms with E-state index in [2.05, 4.69) is 6.08 Å². The summed E-state index contributed by atoms with van der Waals surface area (Å²) >= 11 is 0. The van der Waals surface area contributed by atoms with E-state index in [1.807, 2.05) is 6.08 Å². The molecule has 0 radical (unpaired) electrons. The van der Waals surface area contributed by atoms with Gasteiger partial charge < -0.3 is 10.2 Å². The molecule has 2 N–H and O–H groups in total. The van der Waals surface area contributed by atoms with Gasteiger partial charge in [0.1, 0.15) is 0 Å². The van der Waals surface area contributed by atoms with E-state index in [1.54, 1.807) is 6.92 Å². The molecule has 142 valence electrons. The fraction of sp³-hybridized carbons (Fsp3) is 0.857. The predicted molar refractivity (Wildman–Crippen MR) is 102 cm³/mol. The van der Waals surface area contributed by atoms with Gasteiger partial charge in [0, 0.05) is 6.42 Å². The molecule has 0 spiro atoms. The Morgan fingerprint density at radius 2 is 1.12 bits per heavy atom. The van der Waals surface area contributed by atoms with Crippen LogP contribution in [0.15, 0.2) is 12.2 Å². The second-order valence-corrected chi connectivity index (χ2v) is 7.05. The van der Waals surface area contributed by atoms with Gasteiger partial charge in [-0.3, -0.25) is 4.79 Å². The first kappa shape index (κ1) is 23.2. The van der Waals surface area contributed by atoms with Crippen LogP contribution in [-0.2, 0) is 4.79 Å². The number of carboxylic acids is 1. The number of allylic oxidation sites excluding steroid dienone is 1. The van der Waals surface area contributed by atoms with Crippen molar-refractivity contribution in [2.75, 3.05) is 0 Å². The van der Waals surface area contributed by atoms with E-state index in [-0.39, 0.29) is 6.10 Å². The minimum atomic E-state index is -0.664. The summed E-state index contributed by atoms with van der Waals surface area (Å²) in [5.74, 6) is -0.664. The number of carbonyl (C=O) groups is 1. The number of aliphatic carboxylic acids is 1. The largest absolute Gasteiger partial charge is 0.481 e. The average molecular weight is 341 g/mol. The fourth-order valence-corrected chi connectivity index (χ4v) is 2.95. The molecule has 24 heavy (non-hydrogen) atoms. The molecule has 0 saturated heterocycles. The molecule has 0 aliphatic rings. The quantitative estimate of drug-likeness (QED) is 0.229. The van der Waals surface area contributed by atoms with Crippen LogP contribution >= 0.6 is 0 Å². The van der Waals surface area contributed by atoms with E-state index < -0.39 is 5.97 Å². The molecule has 0 heterocycles. The van der Waals surface area contributed by atoms with Gasteiger partial charge in [-0.1, -0.05) is 89.2 Å². The smallest absolute Gasteiger partial charge is 0.303 e. The molecule has 1 unspecified atom stereocenters. The first-order valence-electron chi connectivity index (χ1n) is 10.2. The highest BCUT2D eigenvalue weighted by molar-refractivity contribution is 5.66. The summed E-state index contributed by atoms with van der Waals surface area (Å²) in [6, 6.07) is 0. The van der Waals surface area contributed by atoms with Crippen molar-refractivity contribution >= 4 is 5.97 Å². The predicted octanol–water partition coefficient (Wildman–Crippen LogP) is 6.25. The van der Waals surface area contributed by atoms with E-state index in [1.165, 1.54) is 77.0 Å². The molecule has 3 nitrogen and oxygen atoms in total. The average Bonchev–Trinajstić information content (AvgIpc) is 2.53. The number of rotatable bonds is 18. The van der Waals surface area contributed by atoms with Crippen LogP contribution in [0.2, 0.25) is 0 Å². The second kappa shape index (κ2) is 18.5. The molecular weight excluding hydrogens is 300 g/mol. The minimum absolute atomic E-state index is 0.304. The Bertz CT molecular complexity index is 297. The zero-order chi connectivity index (χ0) is 17.9. The van der Waals surface area contributed by atoms with Crippen LogP contribution in [0.5, 0.6) is 0 Å². The second-order valence-electron chi connectivity index (χ2n) is 7.05. The van der Waals surface area contributed by atoms with Crippen LogP contribution in [-0.4, -0.2) is 22.3 Å². The van der Waals surface area contributed by atoms with Gasteiger partial charge in [-0.25, -0.2) is 0 Å². The lowest BCUT2D eigenvalue weighted by Gasteiger charge is -2.03. The van der Waals surface area contributed by atoms with Gasteiger partial charge in [-0.15, -0.1) is 0 Å². The summed E-state index contributed by atoms with van der Waals surface area (Å²) < 4.78 is 0. The molecule has 0 rings (SSSR count). The standard InChI is InChI=1S/C21H40O3/c1-20(22)18-16-14-12-10-8-6-4-2-3-5-7-9-11-13-15-17-19-21(23)24/h16,18,20,22H,2-15,17,19H2,1H3,(H,23,24)/b18-16+. The third kappa shape index (κ3) is 21.2. The Kier molecular flexibility index (Phi) is 17.9. The Morgan fingerprint density at radius 1 is 0.750 bits per heavy atom. The Hall–Kier alpha value is -0.830. The van der Waals surface area contributed by atoms with E-state index in [9.17, 15) is 4.79 Å². The highest BCUT2D eigenvalue weighted by atomic mass is 16.4. The SMILES string of the molecule is CC(O)/C=C/CCCCCCCCCCCCCCCCC(=O)O. The van der Waals surface area contributed by atoms with Gasteiger partial charge in [0.2, 0.25) is 0 Å². The molecule has 0 aromatic heterocycles. The molecule has 0 fully saturated rings. The lowest BCUT2D eigenvalue weighted by atomic mass is 10.0. The highest BCUT2D eigenvalue weighted by Crippen LogP contribution is 2.13. The van der Waals surface area contributed by atoms with Crippen molar-refractivity contribution in [3.63, 3.8) is 0 Å². The zero-order valence-corrected chi connectivity index (χ0v) is 15.8. The maximum atomic E-state index is 10.4. The lowest BCUT2D eigenvalue weighted by Crippen LogP contribution is -1.93. The minimum Gasteiger partial charge on any atom is -0.481 e. The first-order valence-corrected chi connectivity index (χ1v) is 10.2. The Morgan fingerprint density at radius 3 is 1.50 bits per heavy atom. The topological polar surface area (TPSA) is 57.5 Å². The summed E-state index contributed by atoms with van der Waals surface area (Å²) in [5, 5.41) is 17.6. The number of hydrogen-bond donors (Lipinski definition) is 2. The summed E-state index contributed by atoms with van der Waals surface area (Å²) in [7, 11) is 0. The van der Waals surface area contributed by atoms with Crippen LogP contribution in [0.25, 0.3) is 0 Å². The van der Waals surface area contributed by atoms with Gasteiger partial charge >= 0.3 is 5.97 Å². The summed E-state index contributed by atoms with van der Waals surface area (Å²) in [5.41, 5.74) is 0. The lowest BCUT2D eigenvalue weighted by molar-refractivity contribution is -0.137. The maximum absolute atomic E-state index is 10.4. The van der Waals surface area contributed by atoms with Crippen molar-refractivity contribution in [1.82, 2.24) is 0 Å². The third-order valence-corrected chi connectivity index (χ3v) is 4.43. The number of aliphatic hydroxyl groups is 1. The van der Waals surface area contributed by atoms with Crippen molar-refractivity contribution < 1.29 is 15.0 Å². The monoisotopic (exact) mass is 340 g/mol. The van der Waals surface area contributed by atoms with Gasteiger partial charge in [0.25, 0.3) is 0 Å². The summed E-state index contributed by atoms with van der Waals surface area (Å²) in [6.45, 7) is 1.79. The molecule has 3 heteroatoms. The van der Waals surface area contributed by atoms with E-state index in [0.717, 1.165) is 19.3 Å². The van der Waals surface area contributed by atoms with Crippen LogP contribution in [0.1, 0.15) is 110 Å². The summed E-state index contributed by atoms with van der Waals surface area (Å²) in [6.07, 6.45) is 22.9. The zero-order valence-electron chi connectivity index (χ0n) is 15.8. The van der Waals surface area contributed by atoms with E-state index in [4.69, 9.17) is 10.2 Å². The van der Waals surface area contributed by atoms with Crippen LogP contribution in [0.3, 0.4) is 0 Å². The van der Waals surface area contributed by atoms with Crippen LogP contribution < -0.4 is 0 Å². The fourth-order valence-electron chi connectivity index (χ4n) is 2.95. The van der Waals surface area contributed by atoms with Gasteiger partial charge in [-0.05, 0) is 26.2 Å². The van der Waals surface area contributed by atoms with Crippen molar-refractivity contribution in [2.24, 2.45) is 0 Å². The van der Waals surface area contributed by atoms with Crippen molar-refractivity contribution in [1.29, 1.82) is 0 Å². The van der Waals surface area contributed by atoms with Crippen molar-refractivity contribution in [3.8, 4) is 0 Å². The third-order valence-electron chi connectivity index (χ3n) is 4.43. The maximum Gasteiger partial charge on any atom is 0.303 e. The molecule has 0 aliphatic carbocycles. The normalized spacial score (nSPS) is 12.8. The molecule has 0 saturated carbocycles. The van der Waals surface area contributed by atoms with Crippen molar-refractivity contribution in [3.05, 3.63) is 12.2 Å². The first-order chi connectivity index (χ1) is 11.6. The summed E-state index contributed by atoms with van der Waals surface area (Å²) in [4.78, 5) is 10.4. The molecular formula is C21H40O3. The van der Waals surface area contributed by atoms with Gasteiger partial charge in [-0.2, -0.15) is 0 Å². The number of unbranched alkanes of at least 4 members (excludes halogenated alkanes) is 14. The molecule has 0 bridgehead atoms. The van der Waals surface area contributed by atoms with E-state index >= 15 is 0 Å². The molecule has 0 amide bonds.